The Morgan fingerprint density at radius 1 is 1.18 bits per heavy atom. The van der Waals surface area contributed by atoms with E-state index in [0.717, 1.165) is 34.0 Å². The Kier molecular flexibility index (Phi) is 7.62. The molecule has 5 fully saturated rings. The Bertz CT molecular complexity index is 1340. The van der Waals surface area contributed by atoms with Crippen molar-refractivity contribution in [3.05, 3.63) is 61.0 Å². The third kappa shape index (κ3) is 5.44. The molecule has 204 valence electrons. The second-order valence-electron chi connectivity index (χ2n) is 11.1. The zero-order chi connectivity index (χ0) is 27.3. The summed E-state index contributed by atoms with van der Waals surface area (Å²) in [6.07, 6.45) is 8.33. The van der Waals surface area contributed by atoms with Crippen LogP contribution in [0, 0.1) is 26.7 Å². The zero-order valence-corrected chi connectivity index (χ0v) is 25.9. The molecule has 6 nitrogen and oxygen atoms in total. The number of carbonyl (C=O) groups is 2. The standard InChI is InChI=1S/C29H28ClIN2O4S2/c1-36-23-10-17(9-22(31)25(23)37-15-16-2-4-21(30)5-3-16)11-24-26(34)33(28(38)39-24)32-27(35)29-12-18-6-19(13-29)8-20(7-18)14-29/h2-5,9-11,18-20H,6-8,12-15H2,1H3,(H,32,35)/b24-11+. The second kappa shape index (κ2) is 10.9. The summed E-state index contributed by atoms with van der Waals surface area (Å²) >= 11 is 14.9. The lowest BCUT2D eigenvalue weighted by Crippen LogP contribution is -2.57. The van der Waals surface area contributed by atoms with Gasteiger partial charge in [0.05, 0.1) is 21.0 Å². The number of thioether (sulfide) groups is 1. The normalized spacial score (nSPS) is 28.3. The molecule has 1 aliphatic heterocycles. The molecule has 0 radical (unpaired) electrons. The second-order valence-corrected chi connectivity index (χ2v) is 14.4. The highest BCUT2D eigenvalue weighted by Gasteiger charge is 2.55. The number of hydrogen-bond acceptors (Lipinski definition) is 6. The maximum Gasteiger partial charge on any atom is 0.285 e. The molecule has 2 amide bonds. The van der Waals surface area contributed by atoms with Gasteiger partial charge in [-0.3, -0.25) is 15.0 Å². The van der Waals surface area contributed by atoms with Crippen LogP contribution in [0.1, 0.15) is 49.7 Å². The van der Waals surface area contributed by atoms with E-state index in [0.29, 0.717) is 50.1 Å². The summed E-state index contributed by atoms with van der Waals surface area (Å²) in [5.74, 6) is 2.77. The molecule has 4 saturated carbocycles. The van der Waals surface area contributed by atoms with Crippen molar-refractivity contribution in [2.24, 2.45) is 23.2 Å². The molecular formula is C29H28ClIN2O4S2. The van der Waals surface area contributed by atoms with Crippen molar-refractivity contribution >= 4 is 80.4 Å². The number of methoxy groups -OCH3 is 1. The predicted molar refractivity (Wildman–Crippen MR) is 165 cm³/mol. The summed E-state index contributed by atoms with van der Waals surface area (Å²) in [6.45, 7) is 0.366. The van der Waals surface area contributed by atoms with Crippen LogP contribution in [0.15, 0.2) is 41.3 Å². The van der Waals surface area contributed by atoms with Gasteiger partial charge in [-0.05, 0) is 133 Å². The quantitative estimate of drug-likeness (QED) is 0.192. The molecule has 10 heteroatoms. The molecule has 4 aliphatic carbocycles. The van der Waals surface area contributed by atoms with Gasteiger partial charge >= 0.3 is 0 Å². The molecule has 1 N–H and O–H groups in total. The first kappa shape index (κ1) is 27.4. The van der Waals surface area contributed by atoms with Crippen molar-refractivity contribution in [1.82, 2.24) is 10.4 Å². The van der Waals surface area contributed by atoms with E-state index >= 15 is 0 Å². The number of hydrogen-bond donors (Lipinski definition) is 1. The summed E-state index contributed by atoms with van der Waals surface area (Å²) in [7, 11) is 1.59. The first-order chi connectivity index (χ1) is 18.7. The van der Waals surface area contributed by atoms with E-state index in [1.54, 1.807) is 13.2 Å². The summed E-state index contributed by atoms with van der Waals surface area (Å²) < 4.78 is 12.9. The number of nitrogens with zero attached hydrogens (tertiary/aromatic N) is 1. The van der Waals surface area contributed by atoms with E-state index in [2.05, 4.69) is 28.0 Å². The van der Waals surface area contributed by atoms with E-state index in [1.807, 2.05) is 36.4 Å². The zero-order valence-electron chi connectivity index (χ0n) is 21.4. The van der Waals surface area contributed by atoms with Crippen molar-refractivity contribution in [1.29, 1.82) is 0 Å². The molecular weight excluding hydrogens is 667 g/mol. The van der Waals surface area contributed by atoms with Crippen LogP contribution in [-0.2, 0) is 16.2 Å². The lowest BCUT2D eigenvalue weighted by Gasteiger charge is -2.55. The summed E-state index contributed by atoms with van der Waals surface area (Å²) in [5, 5.41) is 1.94. The molecule has 5 aliphatic rings. The number of nitrogens with one attached hydrogen (secondary N) is 1. The van der Waals surface area contributed by atoms with Gasteiger partial charge in [0.1, 0.15) is 6.61 Å². The van der Waals surface area contributed by atoms with Crippen molar-refractivity contribution in [2.45, 2.75) is 45.1 Å². The van der Waals surface area contributed by atoms with Crippen LogP contribution in [0.2, 0.25) is 5.02 Å². The van der Waals surface area contributed by atoms with Gasteiger partial charge < -0.3 is 9.47 Å². The fourth-order valence-corrected chi connectivity index (χ4v) is 9.11. The number of halogens is 2. The Hall–Kier alpha value is -1.82. The van der Waals surface area contributed by atoms with Crippen LogP contribution >= 0.6 is 58.2 Å². The van der Waals surface area contributed by atoms with E-state index in [9.17, 15) is 9.59 Å². The van der Waals surface area contributed by atoms with Crippen molar-refractivity contribution in [2.75, 3.05) is 7.11 Å². The minimum absolute atomic E-state index is 0.0439. The molecule has 0 spiro atoms. The Labute approximate surface area is 256 Å². The topological polar surface area (TPSA) is 67.9 Å². The van der Waals surface area contributed by atoms with E-state index in [1.165, 1.54) is 36.0 Å². The molecule has 0 atom stereocenters. The molecule has 2 aromatic rings. The highest BCUT2D eigenvalue weighted by molar-refractivity contribution is 14.1. The van der Waals surface area contributed by atoms with Gasteiger partial charge in [-0.1, -0.05) is 35.5 Å². The molecule has 39 heavy (non-hydrogen) atoms. The molecule has 2 aromatic carbocycles. The number of benzene rings is 2. The Morgan fingerprint density at radius 2 is 1.82 bits per heavy atom. The lowest BCUT2D eigenvalue weighted by molar-refractivity contribution is -0.152. The molecule has 1 saturated heterocycles. The number of hydrazine groups is 1. The SMILES string of the molecule is COc1cc(/C=C2/SC(=S)N(NC(=O)C34CC5CC(CC(C5)C3)C4)C2=O)cc(I)c1OCc1ccc(Cl)cc1. The van der Waals surface area contributed by atoms with Crippen molar-refractivity contribution < 1.29 is 19.1 Å². The number of carbonyl (C=O) groups excluding carboxylic acids is 2. The largest absolute Gasteiger partial charge is 0.493 e. The number of ether oxygens (including phenoxy) is 2. The minimum Gasteiger partial charge on any atom is -0.493 e. The van der Waals surface area contributed by atoms with Gasteiger partial charge in [-0.25, -0.2) is 0 Å². The number of rotatable bonds is 7. The third-order valence-electron chi connectivity index (χ3n) is 8.37. The average molecular weight is 695 g/mol. The molecule has 4 bridgehead atoms. The van der Waals surface area contributed by atoms with Crippen LogP contribution in [-0.4, -0.2) is 28.3 Å². The smallest absolute Gasteiger partial charge is 0.285 e. The summed E-state index contributed by atoms with van der Waals surface area (Å²) in [4.78, 5) is 27.3. The molecule has 0 unspecified atom stereocenters. The van der Waals surface area contributed by atoms with Crippen LogP contribution < -0.4 is 14.9 Å². The van der Waals surface area contributed by atoms with Crippen LogP contribution in [0.4, 0.5) is 0 Å². The first-order valence-corrected chi connectivity index (χ1v) is 15.7. The fourth-order valence-electron chi connectivity index (χ4n) is 7.02. The Morgan fingerprint density at radius 3 is 2.44 bits per heavy atom. The van der Waals surface area contributed by atoms with Crippen LogP contribution in [0.5, 0.6) is 11.5 Å². The van der Waals surface area contributed by atoms with Crippen molar-refractivity contribution in [3.63, 3.8) is 0 Å². The maximum atomic E-state index is 13.5. The first-order valence-electron chi connectivity index (χ1n) is 13.1. The van der Waals surface area contributed by atoms with Crippen molar-refractivity contribution in [3.8, 4) is 11.5 Å². The molecule has 0 aromatic heterocycles. The molecule has 7 rings (SSSR count). The molecule has 1 heterocycles. The van der Waals surface area contributed by atoms with Crippen LogP contribution in [0.3, 0.4) is 0 Å². The van der Waals surface area contributed by atoms with E-state index in [-0.39, 0.29) is 17.2 Å². The minimum atomic E-state index is -0.354. The number of amides is 2. The van der Waals surface area contributed by atoms with E-state index < -0.39 is 0 Å². The Balaban J connectivity index is 1.16. The van der Waals surface area contributed by atoms with Gasteiger partial charge in [0, 0.05) is 5.02 Å². The third-order valence-corrected chi connectivity index (χ3v) is 10.7. The summed E-state index contributed by atoms with van der Waals surface area (Å²) in [6, 6.07) is 11.3. The lowest BCUT2D eigenvalue weighted by atomic mass is 9.49. The number of thiocarbonyl (C=S) groups is 1. The van der Waals surface area contributed by atoms with Gasteiger partial charge in [-0.2, -0.15) is 5.01 Å². The van der Waals surface area contributed by atoms with Crippen LogP contribution in [0.25, 0.3) is 6.08 Å². The highest BCUT2D eigenvalue weighted by atomic mass is 127. The maximum absolute atomic E-state index is 13.5. The fraction of sp³-hybridized carbons (Fsp3) is 0.414. The van der Waals surface area contributed by atoms with Gasteiger partial charge in [-0.15, -0.1) is 0 Å². The van der Waals surface area contributed by atoms with Gasteiger partial charge in [0.25, 0.3) is 5.91 Å². The van der Waals surface area contributed by atoms with Gasteiger partial charge in [0.15, 0.2) is 15.8 Å². The average Bonchev–Trinajstić information content (AvgIpc) is 3.15. The predicted octanol–water partition coefficient (Wildman–Crippen LogP) is 6.98. The monoisotopic (exact) mass is 694 g/mol. The van der Waals surface area contributed by atoms with E-state index in [4.69, 9.17) is 33.3 Å². The van der Waals surface area contributed by atoms with Gasteiger partial charge in [0.2, 0.25) is 5.91 Å². The summed E-state index contributed by atoms with van der Waals surface area (Å²) in [5.41, 5.74) is 4.33. The highest BCUT2D eigenvalue weighted by Crippen LogP contribution is 2.60.